The molecule has 0 aliphatic carbocycles. The molecule has 1 aliphatic rings. The Balaban J connectivity index is 1.45. The number of benzene rings is 1. The minimum atomic E-state index is -4.43. The van der Waals surface area contributed by atoms with E-state index in [0.29, 0.717) is 29.8 Å². The Morgan fingerprint density at radius 2 is 1.86 bits per heavy atom. The van der Waals surface area contributed by atoms with Crippen molar-refractivity contribution in [3.8, 4) is 11.3 Å². The first-order chi connectivity index (χ1) is 16.5. The van der Waals surface area contributed by atoms with Gasteiger partial charge in [-0.25, -0.2) is 18.4 Å². The molecule has 3 aromatic rings. The Bertz CT molecular complexity index is 1350. The molecule has 1 atom stereocenters. The third kappa shape index (κ3) is 5.69. The number of hydrogen-bond acceptors (Lipinski definition) is 6. The van der Waals surface area contributed by atoms with Crippen molar-refractivity contribution >= 4 is 50.3 Å². The Labute approximate surface area is 213 Å². The smallest absolute Gasteiger partial charge is 0.298 e. The number of ketones is 1. The fourth-order valence-corrected chi connectivity index (χ4v) is 7.71. The average Bonchev–Trinajstić information content (AvgIpc) is 3.44. The van der Waals surface area contributed by atoms with Crippen LogP contribution in [0.2, 0.25) is 8.67 Å². The molecule has 1 aliphatic heterocycles. The molecule has 1 fully saturated rings. The minimum absolute atomic E-state index is 0.0400. The zero-order valence-corrected chi connectivity index (χ0v) is 21.1. The summed E-state index contributed by atoms with van der Waals surface area (Å²) in [6, 6.07) is 6.67. The molecule has 13 heteroatoms. The van der Waals surface area contributed by atoms with Gasteiger partial charge in [0, 0.05) is 24.2 Å². The minimum Gasteiger partial charge on any atom is -0.298 e. The standard InChI is InChI=1S/C22H18Cl2F3N3O3S2/c23-20-11-19(21(24)34-20)35(32,33)30-9-1-2-17(30)18(31)8-7-15-10-16(29-12-28-15)13-3-5-14(6-4-13)22(25,26)27/h3-6,10-12,17H,1-2,7-9H2/t17-/m0/s1. The lowest BCUT2D eigenvalue weighted by Gasteiger charge is -2.22. The summed E-state index contributed by atoms with van der Waals surface area (Å²) in [7, 11) is -3.98. The van der Waals surface area contributed by atoms with E-state index in [1.807, 2.05) is 0 Å². The van der Waals surface area contributed by atoms with Gasteiger partial charge in [0.05, 0.1) is 21.6 Å². The zero-order chi connectivity index (χ0) is 25.4. The highest BCUT2D eigenvalue weighted by Crippen LogP contribution is 2.38. The van der Waals surface area contributed by atoms with E-state index in [9.17, 15) is 26.4 Å². The van der Waals surface area contributed by atoms with E-state index in [1.165, 1.54) is 28.8 Å². The van der Waals surface area contributed by atoms with Crippen molar-refractivity contribution in [3.63, 3.8) is 0 Å². The van der Waals surface area contributed by atoms with Crippen LogP contribution < -0.4 is 0 Å². The number of aromatic nitrogens is 2. The molecule has 2 aromatic heterocycles. The van der Waals surface area contributed by atoms with Crippen LogP contribution in [0.4, 0.5) is 13.2 Å². The van der Waals surface area contributed by atoms with Crippen LogP contribution in [0.1, 0.15) is 30.5 Å². The van der Waals surface area contributed by atoms with Crippen molar-refractivity contribution in [1.82, 2.24) is 14.3 Å². The number of thiophene rings is 1. The molecule has 0 N–H and O–H groups in total. The third-order valence-electron chi connectivity index (χ3n) is 5.65. The van der Waals surface area contributed by atoms with Gasteiger partial charge in [0.15, 0.2) is 5.78 Å². The number of nitrogens with zero attached hydrogens (tertiary/aromatic N) is 3. The van der Waals surface area contributed by atoms with E-state index < -0.39 is 27.8 Å². The van der Waals surface area contributed by atoms with E-state index in [0.717, 1.165) is 23.5 Å². The highest BCUT2D eigenvalue weighted by atomic mass is 35.5. The SMILES string of the molecule is O=C(CCc1cc(-c2ccc(C(F)(F)F)cc2)ncn1)[C@@H]1CCCN1S(=O)(=O)c1cc(Cl)sc1Cl. The van der Waals surface area contributed by atoms with Gasteiger partial charge in [0.1, 0.15) is 15.6 Å². The lowest BCUT2D eigenvalue weighted by atomic mass is 10.0. The first kappa shape index (κ1) is 26.0. The summed E-state index contributed by atoms with van der Waals surface area (Å²) in [5, 5.41) is 0. The van der Waals surface area contributed by atoms with Crippen LogP contribution in [0.15, 0.2) is 47.6 Å². The van der Waals surface area contributed by atoms with Crippen LogP contribution in [-0.4, -0.2) is 41.1 Å². The summed E-state index contributed by atoms with van der Waals surface area (Å²) >= 11 is 12.9. The first-order valence-electron chi connectivity index (χ1n) is 10.4. The summed E-state index contributed by atoms with van der Waals surface area (Å²) < 4.78 is 66.0. The summed E-state index contributed by atoms with van der Waals surface area (Å²) in [6.07, 6.45) is -1.95. The summed E-state index contributed by atoms with van der Waals surface area (Å²) in [5.74, 6) is -0.252. The van der Waals surface area contributed by atoms with Crippen LogP contribution in [0.3, 0.4) is 0 Å². The normalized spacial score (nSPS) is 17.1. The van der Waals surface area contributed by atoms with Crippen molar-refractivity contribution in [1.29, 1.82) is 0 Å². The number of rotatable bonds is 7. The second kappa shape index (κ2) is 10.1. The third-order valence-corrected chi connectivity index (χ3v) is 9.31. The van der Waals surface area contributed by atoms with Gasteiger partial charge >= 0.3 is 6.18 Å². The molecular weight excluding hydrogens is 546 g/mol. The first-order valence-corrected chi connectivity index (χ1v) is 13.5. The Morgan fingerprint density at radius 3 is 2.49 bits per heavy atom. The van der Waals surface area contributed by atoms with Crippen molar-refractivity contribution < 1.29 is 26.4 Å². The molecule has 1 aromatic carbocycles. The number of carbonyl (C=O) groups is 1. The number of halogens is 5. The Morgan fingerprint density at radius 1 is 1.14 bits per heavy atom. The molecule has 6 nitrogen and oxygen atoms in total. The van der Waals surface area contributed by atoms with Gasteiger partial charge in [-0.3, -0.25) is 4.79 Å². The molecule has 0 bridgehead atoms. The number of sulfonamides is 1. The van der Waals surface area contributed by atoms with E-state index in [2.05, 4.69) is 9.97 Å². The molecule has 0 saturated carbocycles. The molecule has 1 saturated heterocycles. The van der Waals surface area contributed by atoms with Crippen LogP contribution in [0.5, 0.6) is 0 Å². The van der Waals surface area contributed by atoms with Gasteiger partial charge in [-0.05, 0) is 43.5 Å². The second-order valence-corrected chi connectivity index (χ2v) is 12.0. The molecule has 4 rings (SSSR count). The fraction of sp³-hybridized carbons (Fsp3) is 0.318. The largest absolute Gasteiger partial charge is 0.416 e. The van der Waals surface area contributed by atoms with Crippen molar-refractivity contribution in [2.75, 3.05) is 6.54 Å². The summed E-state index contributed by atoms with van der Waals surface area (Å²) in [6.45, 7) is 0.202. The van der Waals surface area contributed by atoms with Gasteiger partial charge in [-0.15, -0.1) is 11.3 Å². The van der Waals surface area contributed by atoms with Crippen LogP contribution in [-0.2, 0) is 27.4 Å². The Hall–Kier alpha value is -2.05. The summed E-state index contributed by atoms with van der Waals surface area (Å²) in [4.78, 5) is 21.1. The van der Waals surface area contributed by atoms with Gasteiger partial charge in [0.2, 0.25) is 10.0 Å². The number of hydrogen-bond donors (Lipinski definition) is 0. The van der Waals surface area contributed by atoms with Gasteiger partial charge in [-0.1, -0.05) is 35.3 Å². The fourth-order valence-electron chi connectivity index (χ4n) is 3.92. The number of carbonyl (C=O) groups excluding carboxylic acids is 1. The maximum atomic E-state index is 13.1. The second-order valence-electron chi connectivity index (χ2n) is 7.90. The van der Waals surface area contributed by atoms with Crippen LogP contribution >= 0.6 is 34.5 Å². The van der Waals surface area contributed by atoms with E-state index in [1.54, 1.807) is 6.07 Å². The Kier molecular flexibility index (Phi) is 7.54. The monoisotopic (exact) mass is 563 g/mol. The van der Waals surface area contributed by atoms with E-state index in [-0.39, 0.29) is 38.7 Å². The lowest BCUT2D eigenvalue weighted by molar-refractivity contribution is -0.137. The zero-order valence-electron chi connectivity index (χ0n) is 17.9. The number of alkyl halides is 3. The van der Waals surface area contributed by atoms with E-state index >= 15 is 0 Å². The molecule has 3 heterocycles. The van der Waals surface area contributed by atoms with Gasteiger partial charge < -0.3 is 0 Å². The molecule has 186 valence electrons. The molecule has 0 radical (unpaired) electrons. The molecule has 35 heavy (non-hydrogen) atoms. The van der Waals surface area contributed by atoms with Crippen molar-refractivity contribution in [2.45, 2.75) is 42.8 Å². The van der Waals surface area contributed by atoms with Gasteiger partial charge in [-0.2, -0.15) is 17.5 Å². The van der Waals surface area contributed by atoms with Crippen LogP contribution in [0, 0.1) is 0 Å². The predicted octanol–water partition coefficient (Wildman–Crippen LogP) is 5.89. The number of aryl methyl sites for hydroxylation is 1. The quantitative estimate of drug-likeness (QED) is 0.358. The van der Waals surface area contributed by atoms with Crippen molar-refractivity contribution in [3.05, 3.63) is 62.7 Å². The molecule has 0 amide bonds. The lowest BCUT2D eigenvalue weighted by Crippen LogP contribution is -2.40. The average molecular weight is 564 g/mol. The number of Topliss-reactive ketones (excluding diaryl/α,β-unsaturated/α-hetero) is 1. The maximum Gasteiger partial charge on any atom is 0.416 e. The highest BCUT2D eigenvalue weighted by Gasteiger charge is 2.40. The summed E-state index contributed by atoms with van der Waals surface area (Å²) in [5.41, 5.74) is 0.657. The van der Waals surface area contributed by atoms with Crippen molar-refractivity contribution in [2.24, 2.45) is 0 Å². The van der Waals surface area contributed by atoms with Gasteiger partial charge in [0.25, 0.3) is 0 Å². The highest BCUT2D eigenvalue weighted by molar-refractivity contribution is 7.89. The topological polar surface area (TPSA) is 80.2 Å². The molecular formula is C22H18Cl2F3N3O3S2. The molecule has 0 spiro atoms. The van der Waals surface area contributed by atoms with E-state index in [4.69, 9.17) is 23.2 Å². The van der Waals surface area contributed by atoms with Crippen LogP contribution in [0.25, 0.3) is 11.3 Å². The predicted molar refractivity (Wildman–Crippen MR) is 127 cm³/mol. The molecule has 0 unspecified atom stereocenters. The maximum absolute atomic E-state index is 13.1.